The molecule has 0 radical (unpaired) electrons. The second-order valence-electron chi connectivity index (χ2n) is 5.86. The summed E-state index contributed by atoms with van der Waals surface area (Å²) in [5, 5.41) is 12.6. The number of carboxylic acid groups (broad SMARTS) is 1. The van der Waals surface area contributed by atoms with Crippen LogP contribution in [-0.4, -0.2) is 58.9 Å². The first-order valence-electron chi connectivity index (χ1n) is 7.96. The van der Waals surface area contributed by atoms with E-state index in [2.05, 4.69) is 0 Å². The van der Waals surface area contributed by atoms with E-state index < -0.39 is 5.97 Å². The number of rotatable bonds is 4. The molecule has 2 amide bonds. The maximum atomic E-state index is 12.4. The number of carbonyl (C=O) groups excluding carboxylic acids is 2. The number of benzene rings is 1. The Morgan fingerprint density at radius 2 is 1.56 bits per heavy atom. The van der Waals surface area contributed by atoms with Gasteiger partial charge < -0.3 is 14.9 Å². The third kappa shape index (κ3) is 4.06. The molecule has 2 heterocycles. The van der Waals surface area contributed by atoms with Crippen molar-refractivity contribution in [3.63, 3.8) is 0 Å². The Kier molecular flexibility index (Phi) is 5.14. The minimum atomic E-state index is -0.982. The summed E-state index contributed by atoms with van der Waals surface area (Å²) in [5.74, 6) is -0.979. The average Bonchev–Trinajstić information content (AvgIpc) is 3.16. The zero-order valence-electron chi connectivity index (χ0n) is 13.6. The van der Waals surface area contributed by atoms with Crippen LogP contribution in [0.4, 0.5) is 0 Å². The molecule has 3 rings (SSSR count). The number of hydrogen-bond acceptors (Lipinski definition) is 4. The number of thiophene rings is 1. The lowest BCUT2D eigenvalue weighted by atomic mass is 10.1. The van der Waals surface area contributed by atoms with Crippen molar-refractivity contribution in [2.24, 2.45) is 0 Å². The number of carbonyl (C=O) groups is 3. The van der Waals surface area contributed by atoms with Crippen molar-refractivity contribution < 1.29 is 19.5 Å². The first-order chi connectivity index (χ1) is 12.0. The Morgan fingerprint density at radius 1 is 0.920 bits per heavy atom. The Bertz CT molecular complexity index is 763. The van der Waals surface area contributed by atoms with Crippen LogP contribution in [-0.2, 0) is 11.2 Å². The number of amides is 2. The Labute approximate surface area is 149 Å². The highest BCUT2D eigenvalue weighted by molar-refractivity contribution is 7.08. The molecule has 25 heavy (non-hydrogen) atoms. The smallest absolute Gasteiger partial charge is 0.335 e. The van der Waals surface area contributed by atoms with Gasteiger partial charge in [-0.05, 0) is 29.1 Å². The third-order valence-electron chi connectivity index (χ3n) is 4.24. The van der Waals surface area contributed by atoms with Crippen LogP contribution in [0.5, 0.6) is 0 Å². The van der Waals surface area contributed by atoms with E-state index in [9.17, 15) is 14.4 Å². The van der Waals surface area contributed by atoms with Gasteiger partial charge in [0, 0.05) is 31.6 Å². The van der Waals surface area contributed by atoms with E-state index in [1.807, 2.05) is 16.8 Å². The molecule has 1 aromatic carbocycles. The first-order valence-corrected chi connectivity index (χ1v) is 8.90. The summed E-state index contributed by atoms with van der Waals surface area (Å²) < 4.78 is 0. The minimum absolute atomic E-state index is 0.00860. The molecule has 1 saturated heterocycles. The number of nitrogens with zero attached hydrogens (tertiary/aromatic N) is 2. The summed E-state index contributed by atoms with van der Waals surface area (Å²) in [4.78, 5) is 39.1. The van der Waals surface area contributed by atoms with Gasteiger partial charge in [0.1, 0.15) is 0 Å². The van der Waals surface area contributed by atoms with Crippen molar-refractivity contribution in [3.8, 4) is 0 Å². The van der Waals surface area contributed by atoms with Gasteiger partial charge in [-0.25, -0.2) is 4.79 Å². The van der Waals surface area contributed by atoms with Gasteiger partial charge in [-0.3, -0.25) is 9.59 Å². The molecule has 6 nitrogen and oxygen atoms in total. The van der Waals surface area contributed by atoms with Crippen LogP contribution in [0, 0.1) is 0 Å². The van der Waals surface area contributed by atoms with Crippen LogP contribution < -0.4 is 0 Å². The van der Waals surface area contributed by atoms with Crippen molar-refractivity contribution in [1.82, 2.24) is 9.80 Å². The van der Waals surface area contributed by atoms with E-state index in [1.165, 1.54) is 23.5 Å². The molecule has 1 N–H and O–H groups in total. The molecule has 7 heteroatoms. The quantitative estimate of drug-likeness (QED) is 0.906. The van der Waals surface area contributed by atoms with Gasteiger partial charge >= 0.3 is 5.97 Å². The lowest BCUT2D eigenvalue weighted by Crippen LogP contribution is -2.50. The Hall–Kier alpha value is -2.67. The molecule has 0 spiro atoms. The van der Waals surface area contributed by atoms with Gasteiger partial charge in [0.15, 0.2) is 0 Å². The summed E-state index contributed by atoms with van der Waals surface area (Å²) >= 11 is 1.49. The highest BCUT2D eigenvalue weighted by atomic mass is 32.1. The molecule has 0 atom stereocenters. The van der Waals surface area contributed by atoms with Gasteiger partial charge in [-0.2, -0.15) is 11.3 Å². The van der Waals surface area contributed by atoms with E-state index in [0.717, 1.165) is 5.56 Å². The SMILES string of the molecule is O=C(O)c1ccc(CC(=O)N2CCN(C(=O)c3ccsc3)CC2)cc1. The van der Waals surface area contributed by atoms with E-state index >= 15 is 0 Å². The standard InChI is InChI=1S/C18H18N2O4S/c21-16(11-13-1-3-14(4-2-13)18(23)24)19-6-8-20(9-7-19)17(22)15-5-10-25-12-15/h1-5,10,12H,6-9,11H2,(H,23,24). The first kappa shape index (κ1) is 17.2. The highest BCUT2D eigenvalue weighted by Crippen LogP contribution is 2.13. The number of piperazine rings is 1. The highest BCUT2D eigenvalue weighted by Gasteiger charge is 2.25. The normalized spacial score (nSPS) is 14.4. The number of aromatic carboxylic acids is 1. The van der Waals surface area contributed by atoms with Crippen LogP contribution in [0.25, 0.3) is 0 Å². The second kappa shape index (κ2) is 7.48. The molecule has 0 bridgehead atoms. The Balaban J connectivity index is 1.53. The number of carboxylic acids is 1. The van der Waals surface area contributed by atoms with E-state index in [-0.39, 0.29) is 23.8 Å². The summed E-state index contributed by atoms with van der Waals surface area (Å²) in [6.45, 7) is 2.08. The van der Waals surface area contributed by atoms with Crippen LogP contribution in [0.15, 0.2) is 41.1 Å². The summed E-state index contributed by atoms with van der Waals surface area (Å²) in [5.41, 5.74) is 1.69. The molecule has 1 aromatic heterocycles. The van der Waals surface area contributed by atoms with Gasteiger partial charge in [-0.1, -0.05) is 12.1 Å². The topological polar surface area (TPSA) is 77.9 Å². The minimum Gasteiger partial charge on any atom is -0.478 e. The fourth-order valence-corrected chi connectivity index (χ4v) is 3.41. The number of hydrogen-bond donors (Lipinski definition) is 1. The lowest BCUT2D eigenvalue weighted by Gasteiger charge is -2.34. The van der Waals surface area contributed by atoms with Gasteiger partial charge in [-0.15, -0.1) is 0 Å². The third-order valence-corrected chi connectivity index (χ3v) is 4.93. The van der Waals surface area contributed by atoms with E-state index in [0.29, 0.717) is 31.7 Å². The Morgan fingerprint density at radius 3 is 2.12 bits per heavy atom. The van der Waals surface area contributed by atoms with Crippen molar-refractivity contribution in [3.05, 3.63) is 57.8 Å². The van der Waals surface area contributed by atoms with Crippen molar-refractivity contribution >= 4 is 29.1 Å². The van der Waals surface area contributed by atoms with E-state index in [1.54, 1.807) is 21.9 Å². The molecule has 0 saturated carbocycles. The van der Waals surface area contributed by atoms with Crippen molar-refractivity contribution in [1.29, 1.82) is 0 Å². The van der Waals surface area contributed by atoms with Gasteiger partial charge in [0.25, 0.3) is 5.91 Å². The molecule has 130 valence electrons. The molecule has 1 fully saturated rings. The molecular formula is C18H18N2O4S. The molecule has 1 aliphatic rings. The predicted octanol–water partition coefficient (Wildman–Crippen LogP) is 1.97. The lowest BCUT2D eigenvalue weighted by molar-refractivity contribution is -0.131. The van der Waals surface area contributed by atoms with Crippen molar-refractivity contribution in [2.75, 3.05) is 26.2 Å². The van der Waals surface area contributed by atoms with Crippen LogP contribution in [0.3, 0.4) is 0 Å². The molecule has 0 unspecified atom stereocenters. The van der Waals surface area contributed by atoms with Gasteiger partial charge in [0.2, 0.25) is 5.91 Å². The summed E-state index contributed by atoms with van der Waals surface area (Å²) in [7, 11) is 0. The molecule has 2 aromatic rings. The van der Waals surface area contributed by atoms with Crippen LogP contribution in [0.1, 0.15) is 26.3 Å². The zero-order chi connectivity index (χ0) is 17.8. The molecular weight excluding hydrogens is 340 g/mol. The van der Waals surface area contributed by atoms with Crippen molar-refractivity contribution in [2.45, 2.75) is 6.42 Å². The van der Waals surface area contributed by atoms with Crippen LogP contribution in [0.2, 0.25) is 0 Å². The average molecular weight is 358 g/mol. The predicted molar refractivity (Wildman–Crippen MR) is 93.9 cm³/mol. The van der Waals surface area contributed by atoms with Gasteiger partial charge in [0.05, 0.1) is 17.5 Å². The van der Waals surface area contributed by atoms with Crippen LogP contribution >= 0.6 is 11.3 Å². The molecule has 0 aliphatic carbocycles. The molecule has 1 aliphatic heterocycles. The summed E-state index contributed by atoms with van der Waals surface area (Å²) in [6.07, 6.45) is 0.235. The van der Waals surface area contributed by atoms with E-state index in [4.69, 9.17) is 5.11 Å². The second-order valence-corrected chi connectivity index (χ2v) is 6.64. The fraction of sp³-hybridized carbons (Fsp3) is 0.278. The fourth-order valence-electron chi connectivity index (χ4n) is 2.78. The zero-order valence-corrected chi connectivity index (χ0v) is 14.4. The monoisotopic (exact) mass is 358 g/mol. The maximum Gasteiger partial charge on any atom is 0.335 e. The maximum absolute atomic E-state index is 12.4. The summed E-state index contributed by atoms with van der Waals surface area (Å²) in [6, 6.07) is 8.14. The largest absolute Gasteiger partial charge is 0.478 e.